The number of rotatable bonds is 7. The second-order valence-electron chi connectivity index (χ2n) is 7.14. The van der Waals surface area contributed by atoms with Gasteiger partial charge in [-0.3, -0.25) is 14.5 Å². The Balaban J connectivity index is 1.42. The first kappa shape index (κ1) is 21.3. The van der Waals surface area contributed by atoms with Crippen LogP contribution in [0, 0.1) is 0 Å². The van der Waals surface area contributed by atoms with Gasteiger partial charge < -0.3 is 4.90 Å². The van der Waals surface area contributed by atoms with Crippen molar-refractivity contribution in [2.24, 2.45) is 0 Å². The summed E-state index contributed by atoms with van der Waals surface area (Å²) in [6.07, 6.45) is 8.60. The van der Waals surface area contributed by atoms with Gasteiger partial charge in [0.1, 0.15) is 4.32 Å². The average molecular weight is 437 g/mol. The van der Waals surface area contributed by atoms with E-state index in [1.54, 1.807) is 17.0 Å². The van der Waals surface area contributed by atoms with Crippen LogP contribution in [0.5, 0.6) is 0 Å². The van der Waals surface area contributed by atoms with E-state index in [0.717, 1.165) is 50.8 Å². The quantitative estimate of drug-likeness (QED) is 0.338. The molecule has 0 saturated carbocycles. The first-order chi connectivity index (χ1) is 13.5. The summed E-state index contributed by atoms with van der Waals surface area (Å²) in [6, 6.07) is 7.38. The third-order valence-corrected chi connectivity index (χ3v) is 6.65. The number of carbonyl (C=O) groups excluding carboxylic acids is 2. The molecule has 0 aromatic heterocycles. The van der Waals surface area contributed by atoms with E-state index in [1.807, 2.05) is 23.1 Å². The summed E-state index contributed by atoms with van der Waals surface area (Å²) in [4.78, 5) is 29.1. The predicted molar refractivity (Wildman–Crippen MR) is 120 cm³/mol. The molecular formula is C21H25ClN2O2S2. The molecule has 0 aliphatic carbocycles. The number of amides is 2. The topological polar surface area (TPSA) is 40.6 Å². The summed E-state index contributed by atoms with van der Waals surface area (Å²) in [5.41, 5.74) is 0.932. The zero-order valence-electron chi connectivity index (χ0n) is 15.9. The molecule has 2 aliphatic rings. The average Bonchev–Trinajstić information content (AvgIpc) is 2.97. The van der Waals surface area contributed by atoms with Crippen molar-refractivity contribution < 1.29 is 9.59 Å². The van der Waals surface area contributed by atoms with Gasteiger partial charge in [0.05, 0.1) is 4.91 Å². The van der Waals surface area contributed by atoms with Gasteiger partial charge in [-0.1, -0.05) is 54.1 Å². The Labute approximate surface area is 181 Å². The largest absolute Gasteiger partial charge is 0.343 e. The first-order valence-corrected chi connectivity index (χ1v) is 11.4. The number of carbonyl (C=O) groups is 2. The van der Waals surface area contributed by atoms with E-state index in [-0.39, 0.29) is 11.8 Å². The van der Waals surface area contributed by atoms with Crippen LogP contribution in [0.2, 0.25) is 5.02 Å². The molecule has 0 spiro atoms. The van der Waals surface area contributed by atoms with E-state index in [1.165, 1.54) is 18.2 Å². The van der Waals surface area contributed by atoms with Gasteiger partial charge >= 0.3 is 0 Å². The van der Waals surface area contributed by atoms with Gasteiger partial charge in [-0.15, -0.1) is 0 Å². The van der Waals surface area contributed by atoms with Crippen molar-refractivity contribution >= 4 is 57.8 Å². The highest BCUT2D eigenvalue weighted by molar-refractivity contribution is 8.26. The number of unbranched alkanes of at least 4 members (excludes halogenated alkanes) is 2. The molecule has 0 atom stereocenters. The Bertz CT molecular complexity index is 758. The minimum Gasteiger partial charge on any atom is -0.343 e. The minimum absolute atomic E-state index is 0.0330. The molecular weight excluding hydrogens is 412 g/mol. The predicted octanol–water partition coefficient (Wildman–Crippen LogP) is 5.11. The molecule has 2 fully saturated rings. The monoisotopic (exact) mass is 436 g/mol. The Morgan fingerprint density at radius 2 is 1.82 bits per heavy atom. The van der Waals surface area contributed by atoms with E-state index in [0.29, 0.717) is 27.2 Å². The van der Waals surface area contributed by atoms with Gasteiger partial charge in [-0.25, -0.2) is 0 Å². The third kappa shape index (κ3) is 5.82. The standard InChI is InChI=1S/C21H25ClN2O2S2/c22-17-10-8-16(9-11-17)15-18-20(26)24(21(27)28-18)14-6-1-3-7-19(25)23-12-4-2-5-13-23/h8-11,15H,1-7,12-14H2. The van der Waals surface area contributed by atoms with Crippen LogP contribution in [-0.4, -0.2) is 45.6 Å². The number of thioether (sulfide) groups is 1. The van der Waals surface area contributed by atoms with Gasteiger partial charge in [0, 0.05) is 31.1 Å². The number of halogens is 1. The van der Waals surface area contributed by atoms with Crippen molar-refractivity contribution in [1.29, 1.82) is 0 Å². The first-order valence-electron chi connectivity index (χ1n) is 9.83. The number of thiocarbonyl (C=S) groups is 1. The highest BCUT2D eigenvalue weighted by atomic mass is 35.5. The molecule has 0 unspecified atom stereocenters. The molecule has 1 aromatic carbocycles. The lowest BCUT2D eigenvalue weighted by molar-refractivity contribution is -0.132. The van der Waals surface area contributed by atoms with Crippen LogP contribution in [0.3, 0.4) is 0 Å². The molecule has 0 radical (unpaired) electrons. The summed E-state index contributed by atoms with van der Waals surface area (Å²) >= 11 is 12.6. The highest BCUT2D eigenvalue weighted by Gasteiger charge is 2.31. The molecule has 2 aliphatic heterocycles. The van der Waals surface area contributed by atoms with Crippen LogP contribution in [0.15, 0.2) is 29.2 Å². The van der Waals surface area contributed by atoms with Crippen molar-refractivity contribution in [2.75, 3.05) is 19.6 Å². The van der Waals surface area contributed by atoms with E-state index in [9.17, 15) is 9.59 Å². The van der Waals surface area contributed by atoms with E-state index < -0.39 is 0 Å². The highest BCUT2D eigenvalue weighted by Crippen LogP contribution is 2.33. The number of hydrogen-bond donors (Lipinski definition) is 0. The molecule has 2 amide bonds. The van der Waals surface area contributed by atoms with Crippen molar-refractivity contribution in [3.63, 3.8) is 0 Å². The third-order valence-electron chi connectivity index (χ3n) is 5.02. The maximum Gasteiger partial charge on any atom is 0.266 e. The molecule has 4 nitrogen and oxygen atoms in total. The van der Waals surface area contributed by atoms with Crippen molar-refractivity contribution in [1.82, 2.24) is 9.80 Å². The number of piperidine rings is 1. The molecule has 7 heteroatoms. The van der Waals surface area contributed by atoms with Crippen LogP contribution < -0.4 is 0 Å². The zero-order valence-corrected chi connectivity index (χ0v) is 18.3. The van der Waals surface area contributed by atoms with E-state index in [4.69, 9.17) is 23.8 Å². The minimum atomic E-state index is -0.0330. The molecule has 0 N–H and O–H groups in total. The Morgan fingerprint density at radius 3 is 2.54 bits per heavy atom. The number of nitrogens with zero attached hydrogens (tertiary/aromatic N) is 2. The second kappa shape index (κ2) is 10.4. The maximum atomic E-state index is 12.6. The lowest BCUT2D eigenvalue weighted by atomic mass is 10.1. The molecule has 1 aromatic rings. The van der Waals surface area contributed by atoms with Crippen LogP contribution in [0.4, 0.5) is 0 Å². The van der Waals surface area contributed by atoms with Crippen molar-refractivity contribution in [2.45, 2.75) is 44.9 Å². The fraction of sp³-hybridized carbons (Fsp3) is 0.476. The molecule has 0 bridgehead atoms. The van der Waals surface area contributed by atoms with Gasteiger partial charge in [0.2, 0.25) is 5.91 Å². The molecule has 150 valence electrons. The summed E-state index contributed by atoms with van der Waals surface area (Å²) in [7, 11) is 0. The van der Waals surface area contributed by atoms with Crippen molar-refractivity contribution in [3.05, 3.63) is 39.8 Å². The van der Waals surface area contributed by atoms with E-state index in [2.05, 4.69) is 0 Å². The normalized spacial score (nSPS) is 19.0. The number of hydrogen-bond acceptors (Lipinski definition) is 4. The van der Waals surface area contributed by atoms with Crippen molar-refractivity contribution in [3.8, 4) is 0 Å². The Morgan fingerprint density at radius 1 is 1.11 bits per heavy atom. The smallest absolute Gasteiger partial charge is 0.266 e. The lowest BCUT2D eigenvalue weighted by Crippen LogP contribution is -2.35. The Hall–Kier alpha value is -1.37. The lowest BCUT2D eigenvalue weighted by Gasteiger charge is -2.26. The SMILES string of the molecule is O=C(CCCCCN1C(=O)C(=Cc2ccc(Cl)cc2)SC1=S)N1CCCCC1. The zero-order chi connectivity index (χ0) is 19.9. The van der Waals surface area contributed by atoms with Gasteiger partial charge in [-0.05, 0) is 55.9 Å². The molecule has 2 saturated heterocycles. The van der Waals surface area contributed by atoms with Gasteiger partial charge in [-0.2, -0.15) is 0 Å². The molecule has 28 heavy (non-hydrogen) atoms. The van der Waals surface area contributed by atoms with Crippen LogP contribution >= 0.6 is 35.6 Å². The Kier molecular flexibility index (Phi) is 7.94. The molecule has 2 heterocycles. The summed E-state index contributed by atoms with van der Waals surface area (Å²) in [5.74, 6) is 0.241. The fourth-order valence-electron chi connectivity index (χ4n) is 3.43. The van der Waals surface area contributed by atoms with Crippen LogP contribution in [-0.2, 0) is 9.59 Å². The van der Waals surface area contributed by atoms with Gasteiger partial charge in [0.25, 0.3) is 5.91 Å². The van der Waals surface area contributed by atoms with Crippen LogP contribution in [0.25, 0.3) is 6.08 Å². The summed E-state index contributed by atoms with van der Waals surface area (Å²) in [5, 5.41) is 0.670. The van der Waals surface area contributed by atoms with E-state index >= 15 is 0 Å². The fourth-order valence-corrected chi connectivity index (χ4v) is 4.86. The summed E-state index contributed by atoms with van der Waals surface area (Å²) in [6.45, 7) is 2.44. The number of benzene rings is 1. The molecule has 3 rings (SSSR count). The maximum absolute atomic E-state index is 12.6. The second-order valence-corrected chi connectivity index (χ2v) is 9.25. The summed E-state index contributed by atoms with van der Waals surface area (Å²) < 4.78 is 0.606. The van der Waals surface area contributed by atoms with Crippen LogP contribution in [0.1, 0.15) is 50.5 Å². The van der Waals surface area contributed by atoms with Gasteiger partial charge in [0.15, 0.2) is 0 Å². The number of likely N-dealkylation sites (tertiary alicyclic amines) is 1.